The van der Waals surface area contributed by atoms with E-state index in [0.717, 1.165) is 24.6 Å². The molecule has 3 amide bonds. The van der Waals surface area contributed by atoms with E-state index in [9.17, 15) is 19.2 Å². The first-order chi connectivity index (χ1) is 13.4. The Balaban J connectivity index is 1.54. The van der Waals surface area contributed by atoms with Crippen molar-refractivity contribution in [3.8, 4) is 0 Å². The highest BCUT2D eigenvalue weighted by atomic mass is 32.2. The molecule has 1 aromatic heterocycles. The van der Waals surface area contributed by atoms with Gasteiger partial charge in [-0.25, -0.2) is 4.98 Å². The molecule has 9 nitrogen and oxygen atoms in total. The van der Waals surface area contributed by atoms with Gasteiger partial charge in [0.15, 0.2) is 5.16 Å². The zero-order valence-electron chi connectivity index (χ0n) is 14.9. The smallest absolute Gasteiger partial charge is 0.251 e. The lowest BCUT2D eigenvalue weighted by Crippen LogP contribution is -2.28. The van der Waals surface area contributed by atoms with Crippen LogP contribution in [-0.2, 0) is 16.0 Å². The zero-order chi connectivity index (χ0) is 20.1. The molecule has 1 heterocycles. The Morgan fingerprint density at radius 2 is 1.89 bits per heavy atom. The fraction of sp³-hybridized carbons (Fsp3) is 0.278. The van der Waals surface area contributed by atoms with Crippen LogP contribution in [0.5, 0.6) is 0 Å². The molecular formula is C18H19N5O4S. The average molecular weight is 401 g/mol. The van der Waals surface area contributed by atoms with Crippen LogP contribution in [0.3, 0.4) is 0 Å². The standard InChI is InChI=1S/C18H19N5O4S/c19-17(27)10-1-3-11(4-2-10)21-16(26)9-28-18-22-13(8-15(25)23-18)7-14(24)20-12-5-6-12/h1-4,8,12H,5-7,9H2,(H2,19,27)(H,20,24)(H,21,26)(H,22,23,25). The molecule has 0 radical (unpaired) electrons. The number of carbonyl (C=O) groups excluding carboxylic acids is 3. The normalized spacial score (nSPS) is 13.0. The van der Waals surface area contributed by atoms with Crippen molar-refractivity contribution in [1.29, 1.82) is 0 Å². The molecular weight excluding hydrogens is 382 g/mol. The Morgan fingerprint density at radius 3 is 2.54 bits per heavy atom. The molecule has 0 bridgehead atoms. The number of hydrogen-bond donors (Lipinski definition) is 4. The van der Waals surface area contributed by atoms with Crippen LogP contribution in [0.2, 0.25) is 0 Å². The Bertz CT molecular complexity index is 953. The number of carbonyl (C=O) groups is 3. The maximum absolute atomic E-state index is 12.1. The molecule has 2 aromatic rings. The quantitative estimate of drug-likeness (QED) is 0.372. The molecule has 0 saturated heterocycles. The molecule has 146 valence electrons. The van der Waals surface area contributed by atoms with Crippen molar-refractivity contribution >= 4 is 35.2 Å². The SMILES string of the molecule is NC(=O)c1ccc(NC(=O)CSc2nc(CC(=O)NC3CC3)cc(=O)[nH]2)cc1. The maximum atomic E-state index is 12.1. The Labute approximate surface area is 164 Å². The van der Waals surface area contributed by atoms with Gasteiger partial charge in [0.25, 0.3) is 5.56 Å². The van der Waals surface area contributed by atoms with Crippen LogP contribution in [0.1, 0.15) is 28.9 Å². The molecule has 28 heavy (non-hydrogen) atoms. The highest BCUT2D eigenvalue weighted by molar-refractivity contribution is 7.99. The van der Waals surface area contributed by atoms with Crippen molar-refractivity contribution in [3.63, 3.8) is 0 Å². The fourth-order valence-corrected chi connectivity index (χ4v) is 3.06. The van der Waals surface area contributed by atoms with E-state index in [1.165, 1.54) is 18.2 Å². The number of primary amides is 1. The summed E-state index contributed by atoms with van der Waals surface area (Å²) in [7, 11) is 0. The summed E-state index contributed by atoms with van der Waals surface area (Å²) in [6, 6.07) is 7.69. The predicted molar refractivity (Wildman–Crippen MR) is 104 cm³/mol. The summed E-state index contributed by atoms with van der Waals surface area (Å²) >= 11 is 1.05. The third-order valence-corrected chi connectivity index (χ3v) is 4.72. The fourth-order valence-electron chi connectivity index (χ4n) is 2.36. The maximum Gasteiger partial charge on any atom is 0.251 e. The number of nitrogens with one attached hydrogen (secondary N) is 3. The van der Waals surface area contributed by atoms with Crippen LogP contribution in [0, 0.1) is 0 Å². The van der Waals surface area contributed by atoms with E-state index in [1.807, 2.05) is 0 Å². The van der Waals surface area contributed by atoms with Gasteiger partial charge in [-0.3, -0.25) is 19.2 Å². The van der Waals surface area contributed by atoms with E-state index in [2.05, 4.69) is 20.6 Å². The lowest BCUT2D eigenvalue weighted by molar-refractivity contribution is -0.120. The first-order valence-electron chi connectivity index (χ1n) is 8.61. The van der Waals surface area contributed by atoms with Gasteiger partial charge in [0.1, 0.15) is 0 Å². The summed E-state index contributed by atoms with van der Waals surface area (Å²) < 4.78 is 0. The van der Waals surface area contributed by atoms with Gasteiger partial charge in [-0.15, -0.1) is 0 Å². The van der Waals surface area contributed by atoms with Gasteiger partial charge in [-0.05, 0) is 37.1 Å². The number of thioether (sulfide) groups is 1. The third kappa shape index (κ3) is 5.95. The van der Waals surface area contributed by atoms with Crippen molar-refractivity contribution in [1.82, 2.24) is 15.3 Å². The number of aromatic amines is 1. The minimum absolute atomic E-state index is 0.0121. The number of rotatable bonds is 8. The molecule has 0 aliphatic heterocycles. The summed E-state index contributed by atoms with van der Waals surface area (Å²) in [5.74, 6) is -1.02. The van der Waals surface area contributed by atoms with Gasteiger partial charge in [-0.2, -0.15) is 0 Å². The van der Waals surface area contributed by atoms with Crippen LogP contribution in [0.4, 0.5) is 5.69 Å². The molecule has 1 aliphatic rings. The first kappa shape index (κ1) is 19.6. The monoisotopic (exact) mass is 401 g/mol. The molecule has 1 aromatic carbocycles. The predicted octanol–water partition coefficient (Wildman–Crippen LogP) is 0.421. The van der Waals surface area contributed by atoms with Crippen LogP contribution in [0.15, 0.2) is 40.3 Å². The second kappa shape index (κ2) is 8.70. The van der Waals surface area contributed by atoms with Crippen molar-refractivity contribution in [2.45, 2.75) is 30.5 Å². The van der Waals surface area contributed by atoms with Crippen LogP contribution in [-0.4, -0.2) is 39.5 Å². The topological polar surface area (TPSA) is 147 Å². The molecule has 1 saturated carbocycles. The molecule has 0 atom stereocenters. The van der Waals surface area contributed by atoms with E-state index < -0.39 is 5.91 Å². The van der Waals surface area contributed by atoms with E-state index in [1.54, 1.807) is 12.1 Å². The lowest BCUT2D eigenvalue weighted by Gasteiger charge is -2.07. The Kier molecular flexibility index (Phi) is 6.09. The van der Waals surface area contributed by atoms with Gasteiger partial charge < -0.3 is 21.4 Å². The summed E-state index contributed by atoms with van der Waals surface area (Å²) in [4.78, 5) is 53.5. The van der Waals surface area contributed by atoms with Crippen molar-refractivity contribution in [2.75, 3.05) is 11.1 Å². The molecule has 10 heteroatoms. The van der Waals surface area contributed by atoms with Gasteiger partial charge in [0.05, 0.1) is 17.9 Å². The molecule has 0 unspecified atom stereocenters. The third-order valence-electron chi connectivity index (χ3n) is 3.85. The van der Waals surface area contributed by atoms with Gasteiger partial charge in [-0.1, -0.05) is 11.8 Å². The lowest BCUT2D eigenvalue weighted by atomic mass is 10.2. The van der Waals surface area contributed by atoms with Crippen molar-refractivity contribution in [3.05, 3.63) is 51.9 Å². The molecule has 0 spiro atoms. The number of aromatic nitrogens is 2. The zero-order valence-corrected chi connectivity index (χ0v) is 15.7. The van der Waals surface area contributed by atoms with Crippen molar-refractivity contribution in [2.24, 2.45) is 5.73 Å². The number of nitrogens with zero attached hydrogens (tertiary/aromatic N) is 1. The average Bonchev–Trinajstić information content (AvgIpc) is 3.43. The van der Waals surface area contributed by atoms with Crippen LogP contribution in [0.25, 0.3) is 0 Å². The summed E-state index contributed by atoms with van der Waals surface area (Å²) in [6.45, 7) is 0. The number of hydrogen-bond acceptors (Lipinski definition) is 6. The van der Waals surface area contributed by atoms with Gasteiger partial charge in [0, 0.05) is 23.4 Å². The van der Waals surface area contributed by atoms with E-state index in [0.29, 0.717) is 16.9 Å². The summed E-state index contributed by atoms with van der Waals surface area (Å²) in [5.41, 5.74) is 6.00. The Morgan fingerprint density at radius 1 is 1.18 bits per heavy atom. The van der Waals surface area contributed by atoms with E-state index in [4.69, 9.17) is 5.73 Å². The minimum atomic E-state index is -0.547. The number of anilines is 1. The highest BCUT2D eigenvalue weighted by Gasteiger charge is 2.23. The number of benzene rings is 1. The second-order valence-electron chi connectivity index (χ2n) is 6.34. The van der Waals surface area contributed by atoms with Crippen molar-refractivity contribution < 1.29 is 14.4 Å². The second-order valence-corrected chi connectivity index (χ2v) is 7.30. The van der Waals surface area contributed by atoms with E-state index >= 15 is 0 Å². The Hall–Kier alpha value is -3.14. The van der Waals surface area contributed by atoms with E-state index in [-0.39, 0.29) is 40.7 Å². The minimum Gasteiger partial charge on any atom is -0.366 e. The number of H-pyrrole nitrogens is 1. The summed E-state index contributed by atoms with van der Waals surface area (Å²) in [6.07, 6.45) is 1.98. The van der Waals surface area contributed by atoms with Gasteiger partial charge >= 0.3 is 0 Å². The van der Waals surface area contributed by atoms with Crippen LogP contribution < -0.4 is 21.9 Å². The molecule has 5 N–H and O–H groups in total. The molecule has 3 rings (SSSR count). The number of nitrogens with two attached hydrogens (primary N) is 1. The van der Waals surface area contributed by atoms with Gasteiger partial charge in [0.2, 0.25) is 17.7 Å². The molecule has 1 fully saturated rings. The highest BCUT2D eigenvalue weighted by Crippen LogP contribution is 2.19. The summed E-state index contributed by atoms with van der Waals surface area (Å²) in [5, 5.41) is 5.78. The first-order valence-corrected chi connectivity index (χ1v) is 9.60. The van der Waals surface area contributed by atoms with Crippen LogP contribution >= 0.6 is 11.8 Å². The molecule has 1 aliphatic carbocycles. The number of amides is 3. The largest absolute Gasteiger partial charge is 0.366 e.